The predicted octanol–water partition coefficient (Wildman–Crippen LogP) is 5.58. The van der Waals surface area contributed by atoms with Crippen molar-refractivity contribution < 1.29 is 14.4 Å². The van der Waals surface area contributed by atoms with Gasteiger partial charge in [-0.3, -0.25) is 9.59 Å². The summed E-state index contributed by atoms with van der Waals surface area (Å²) in [6.45, 7) is 0.420. The number of amides is 2. The molecule has 1 aliphatic heterocycles. The van der Waals surface area contributed by atoms with Crippen LogP contribution in [0.1, 0.15) is 41.9 Å². The maximum Gasteiger partial charge on any atom is 0.243 e. The van der Waals surface area contributed by atoms with Gasteiger partial charge in [0.1, 0.15) is 12.6 Å². The smallest absolute Gasteiger partial charge is 0.243 e. The van der Waals surface area contributed by atoms with Crippen molar-refractivity contribution in [3.05, 3.63) is 106 Å². The van der Waals surface area contributed by atoms with E-state index in [0.717, 1.165) is 29.5 Å². The summed E-state index contributed by atoms with van der Waals surface area (Å²) in [4.78, 5) is 34.5. The fourth-order valence-electron chi connectivity index (χ4n) is 4.52. The number of likely N-dealkylation sites (tertiary alicyclic amines) is 1. The zero-order chi connectivity index (χ0) is 25.8. The summed E-state index contributed by atoms with van der Waals surface area (Å²) in [6, 6.07) is 24.1. The number of hydrogen-bond acceptors (Lipinski definition) is 4. The van der Waals surface area contributed by atoms with Crippen molar-refractivity contribution >= 4 is 40.7 Å². The van der Waals surface area contributed by atoms with Crippen LogP contribution in [0.25, 0.3) is 0 Å². The van der Waals surface area contributed by atoms with Gasteiger partial charge in [0.2, 0.25) is 11.8 Å². The van der Waals surface area contributed by atoms with Gasteiger partial charge in [0.15, 0.2) is 0 Å². The number of carbonyl (C=O) groups excluding carboxylic acids is 2. The van der Waals surface area contributed by atoms with E-state index in [9.17, 15) is 9.59 Å². The first kappa shape index (κ1) is 25.3. The van der Waals surface area contributed by atoms with Crippen LogP contribution >= 0.6 is 23.2 Å². The first-order valence-electron chi connectivity index (χ1n) is 12.3. The van der Waals surface area contributed by atoms with Gasteiger partial charge < -0.3 is 15.1 Å². The molecule has 6 nitrogen and oxygen atoms in total. The van der Waals surface area contributed by atoms with Crippen molar-refractivity contribution in [2.75, 3.05) is 6.54 Å². The van der Waals surface area contributed by atoms with E-state index in [1.54, 1.807) is 17.0 Å². The summed E-state index contributed by atoms with van der Waals surface area (Å²) >= 11 is 12.1. The average Bonchev–Trinajstić information content (AvgIpc) is 3.62. The minimum atomic E-state index is -0.643. The SMILES string of the molecule is O=C(NC1CC1)[C@@H]1C/C(=N/OCc2ccc(Cl)c(Cl)c2)CN1C(=O)C(c1ccccc1)c1ccccc1. The van der Waals surface area contributed by atoms with E-state index in [2.05, 4.69) is 10.5 Å². The molecule has 1 heterocycles. The number of carbonyl (C=O) groups is 2. The lowest BCUT2D eigenvalue weighted by atomic mass is 9.90. The van der Waals surface area contributed by atoms with E-state index < -0.39 is 12.0 Å². The van der Waals surface area contributed by atoms with E-state index in [1.807, 2.05) is 66.7 Å². The molecule has 1 N–H and O–H groups in total. The largest absolute Gasteiger partial charge is 0.391 e. The second-order valence-corrected chi connectivity index (χ2v) is 10.2. The molecule has 0 spiro atoms. The Morgan fingerprint density at radius 3 is 2.19 bits per heavy atom. The molecule has 2 fully saturated rings. The number of nitrogens with zero attached hydrogens (tertiary/aromatic N) is 2. The predicted molar refractivity (Wildman–Crippen MR) is 145 cm³/mol. The van der Waals surface area contributed by atoms with E-state index in [1.165, 1.54) is 0 Å². The van der Waals surface area contributed by atoms with Gasteiger partial charge in [0, 0.05) is 12.5 Å². The molecule has 1 aliphatic carbocycles. The summed E-state index contributed by atoms with van der Waals surface area (Å²) < 4.78 is 0. The maximum absolute atomic E-state index is 14.1. The van der Waals surface area contributed by atoms with E-state index in [4.69, 9.17) is 28.0 Å². The van der Waals surface area contributed by atoms with Crippen molar-refractivity contribution in [2.24, 2.45) is 5.16 Å². The fraction of sp³-hybridized carbons (Fsp3) is 0.276. The Balaban J connectivity index is 1.38. The summed E-state index contributed by atoms with van der Waals surface area (Å²) in [5, 5.41) is 8.27. The topological polar surface area (TPSA) is 71.0 Å². The Hall–Kier alpha value is -3.35. The van der Waals surface area contributed by atoms with Crippen LogP contribution in [0.5, 0.6) is 0 Å². The number of oxime groups is 1. The minimum absolute atomic E-state index is 0.136. The molecular formula is C29H27Cl2N3O3. The molecule has 0 radical (unpaired) electrons. The van der Waals surface area contributed by atoms with Crippen LogP contribution in [0.2, 0.25) is 10.0 Å². The van der Waals surface area contributed by atoms with Crippen molar-refractivity contribution in [3.8, 4) is 0 Å². The Labute approximate surface area is 226 Å². The molecule has 2 amide bonds. The van der Waals surface area contributed by atoms with Crippen molar-refractivity contribution in [2.45, 2.75) is 43.9 Å². The van der Waals surface area contributed by atoms with Gasteiger partial charge in [-0.05, 0) is 41.7 Å². The monoisotopic (exact) mass is 535 g/mol. The lowest BCUT2D eigenvalue weighted by molar-refractivity contribution is -0.138. The molecule has 0 aromatic heterocycles. The molecule has 190 valence electrons. The number of hydrogen-bond donors (Lipinski definition) is 1. The second kappa shape index (κ2) is 11.4. The van der Waals surface area contributed by atoms with Gasteiger partial charge in [0.25, 0.3) is 0 Å². The first-order valence-corrected chi connectivity index (χ1v) is 13.1. The highest BCUT2D eigenvalue weighted by molar-refractivity contribution is 6.42. The van der Waals surface area contributed by atoms with Gasteiger partial charge >= 0.3 is 0 Å². The molecule has 3 aromatic carbocycles. The van der Waals surface area contributed by atoms with E-state index in [0.29, 0.717) is 22.2 Å². The van der Waals surface area contributed by atoms with Gasteiger partial charge in [0.05, 0.1) is 28.2 Å². The van der Waals surface area contributed by atoms with Crippen LogP contribution in [0.3, 0.4) is 0 Å². The average molecular weight is 536 g/mol. The second-order valence-electron chi connectivity index (χ2n) is 9.40. The molecular weight excluding hydrogens is 509 g/mol. The fourth-order valence-corrected chi connectivity index (χ4v) is 4.84. The Bertz CT molecular complexity index is 1260. The van der Waals surface area contributed by atoms with Crippen LogP contribution in [0, 0.1) is 0 Å². The third kappa shape index (κ3) is 6.14. The highest BCUT2D eigenvalue weighted by Gasteiger charge is 2.42. The van der Waals surface area contributed by atoms with Crippen molar-refractivity contribution in [1.29, 1.82) is 0 Å². The Morgan fingerprint density at radius 2 is 1.59 bits per heavy atom. The lowest BCUT2D eigenvalue weighted by Crippen LogP contribution is -2.48. The lowest BCUT2D eigenvalue weighted by Gasteiger charge is -2.28. The molecule has 1 saturated heterocycles. The molecule has 1 saturated carbocycles. The maximum atomic E-state index is 14.1. The van der Waals surface area contributed by atoms with Gasteiger partial charge in [-0.1, -0.05) is 95.1 Å². The van der Waals surface area contributed by atoms with E-state index in [-0.39, 0.29) is 31.0 Å². The van der Waals surface area contributed by atoms with Gasteiger partial charge in [-0.25, -0.2) is 0 Å². The normalized spacial score (nSPS) is 18.3. The molecule has 5 rings (SSSR count). The van der Waals surface area contributed by atoms with Crippen LogP contribution in [-0.2, 0) is 21.0 Å². The summed E-state index contributed by atoms with van der Waals surface area (Å²) in [5.74, 6) is -0.816. The highest BCUT2D eigenvalue weighted by atomic mass is 35.5. The number of halogens is 2. The molecule has 37 heavy (non-hydrogen) atoms. The molecule has 8 heteroatoms. The van der Waals surface area contributed by atoms with Crippen LogP contribution in [0.15, 0.2) is 84.0 Å². The van der Waals surface area contributed by atoms with Crippen molar-refractivity contribution in [1.82, 2.24) is 10.2 Å². The van der Waals surface area contributed by atoms with Gasteiger partial charge in [-0.15, -0.1) is 0 Å². The van der Waals surface area contributed by atoms with Gasteiger partial charge in [-0.2, -0.15) is 0 Å². The third-order valence-electron chi connectivity index (χ3n) is 6.59. The van der Waals surface area contributed by atoms with Crippen LogP contribution in [0.4, 0.5) is 0 Å². The Morgan fingerprint density at radius 1 is 0.946 bits per heavy atom. The number of rotatable bonds is 8. The zero-order valence-electron chi connectivity index (χ0n) is 20.1. The Kier molecular flexibility index (Phi) is 7.77. The first-order chi connectivity index (χ1) is 18.0. The minimum Gasteiger partial charge on any atom is -0.391 e. The van der Waals surface area contributed by atoms with Crippen LogP contribution < -0.4 is 5.32 Å². The summed E-state index contributed by atoms with van der Waals surface area (Å²) in [5.41, 5.74) is 3.22. The molecule has 3 aromatic rings. The highest BCUT2D eigenvalue weighted by Crippen LogP contribution is 2.31. The van der Waals surface area contributed by atoms with Crippen LogP contribution in [-0.4, -0.2) is 41.1 Å². The van der Waals surface area contributed by atoms with E-state index >= 15 is 0 Å². The zero-order valence-corrected chi connectivity index (χ0v) is 21.7. The number of nitrogens with one attached hydrogen (secondary N) is 1. The molecule has 1 atom stereocenters. The van der Waals surface area contributed by atoms with Crippen molar-refractivity contribution in [3.63, 3.8) is 0 Å². The molecule has 2 aliphatic rings. The third-order valence-corrected chi connectivity index (χ3v) is 7.33. The number of benzene rings is 3. The quantitative estimate of drug-likeness (QED) is 0.383. The summed E-state index contributed by atoms with van der Waals surface area (Å²) in [6.07, 6.45) is 2.26. The standard InChI is InChI=1S/C29H27Cl2N3O3/c30-24-14-11-19(15-25(24)31)18-37-33-23-16-26(28(35)32-22-12-13-22)34(17-23)29(36)27(20-7-3-1-4-8-20)21-9-5-2-6-10-21/h1-11,14-15,22,26-27H,12-13,16-18H2,(H,32,35)/b33-23-/t26-/m0/s1. The molecule has 0 bridgehead atoms. The molecule has 0 unspecified atom stereocenters. The summed E-state index contributed by atoms with van der Waals surface area (Å²) in [7, 11) is 0.